The molecule has 6 nitrogen and oxygen atoms in total. The van der Waals surface area contributed by atoms with E-state index in [1.807, 2.05) is 0 Å². The minimum atomic E-state index is -0.469. The van der Waals surface area contributed by atoms with Crippen LogP contribution in [0, 0.1) is 0 Å². The number of aromatic nitrogens is 2. The van der Waals surface area contributed by atoms with Gasteiger partial charge in [-0.2, -0.15) is 0 Å². The first-order valence-electron chi connectivity index (χ1n) is 5.20. The van der Waals surface area contributed by atoms with Gasteiger partial charge in [0.1, 0.15) is 6.54 Å². The van der Waals surface area contributed by atoms with Crippen LogP contribution in [0.25, 0.3) is 0 Å². The number of aliphatic hydroxyl groups excluding tert-OH is 1. The van der Waals surface area contributed by atoms with Crippen molar-refractivity contribution in [3.8, 4) is 0 Å². The van der Waals surface area contributed by atoms with Gasteiger partial charge in [-0.1, -0.05) is 6.08 Å². The summed E-state index contributed by atoms with van der Waals surface area (Å²) in [5, 5.41) is 8.82. The van der Waals surface area contributed by atoms with Crippen LogP contribution in [-0.2, 0) is 11.3 Å². The highest BCUT2D eigenvalue weighted by atomic mass is 16.3. The highest BCUT2D eigenvalue weighted by molar-refractivity contribution is 5.76. The van der Waals surface area contributed by atoms with Crippen LogP contribution >= 0.6 is 0 Å². The Hall–Kier alpha value is -1.95. The summed E-state index contributed by atoms with van der Waals surface area (Å²) in [5.74, 6) is -0.256. The van der Waals surface area contributed by atoms with E-state index in [0.29, 0.717) is 6.54 Å². The molecule has 1 aromatic rings. The fourth-order valence-corrected chi connectivity index (χ4v) is 1.35. The van der Waals surface area contributed by atoms with Gasteiger partial charge in [0.2, 0.25) is 5.91 Å². The minimum absolute atomic E-state index is 0.0828. The molecular weight excluding hydrogens is 222 g/mol. The molecule has 6 heteroatoms. The number of hydrogen-bond donors (Lipinski definition) is 1. The van der Waals surface area contributed by atoms with Crippen molar-refractivity contribution >= 4 is 5.91 Å². The molecule has 0 aromatic carbocycles. The average molecular weight is 237 g/mol. The summed E-state index contributed by atoms with van der Waals surface area (Å²) in [6.07, 6.45) is 4.44. The third-order valence-electron chi connectivity index (χ3n) is 2.16. The van der Waals surface area contributed by atoms with Crippen molar-refractivity contribution in [1.82, 2.24) is 14.5 Å². The molecular formula is C11H15N3O3. The van der Waals surface area contributed by atoms with E-state index in [0.717, 1.165) is 0 Å². The van der Waals surface area contributed by atoms with Gasteiger partial charge in [-0.25, -0.2) is 9.78 Å². The lowest BCUT2D eigenvalue weighted by atomic mass is 10.4. The second-order valence-corrected chi connectivity index (χ2v) is 3.38. The second kappa shape index (κ2) is 6.59. The first kappa shape index (κ1) is 13.1. The smallest absolute Gasteiger partial charge is 0.347 e. The van der Waals surface area contributed by atoms with Crippen molar-refractivity contribution < 1.29 is 9.90 Å². The normalized spacial score (nSPS) is 9.94. The van der Waals surface area contributed by atoms with E-state index in [1.165, 1.54) is 21.9 Å². The fourth-order valence-electron chi connectivity index (χ4n) is 1.35. The predicted molar refractivity (Wildman–Crippen MR) is 62.4 cm³/mol. The van der Waals surface area contributed by atoms with E-state index in [1.54, 1.807) is 12.1 Å². The van der Waals surface area contributed by atoms with Gasteiger partial charge in [-0.15, -0.1) is 6.58 Å². The van der Waals surface area contributed by atoms with Crippen molar-refractivity contribution in [2.24, 2.45) is 0 Å². The average Bonchev–Trinajstić information content (AvgIpc) is 2.32. The number of carbonyl (C=O) groups excluding carboxylic acids is 1. The van der Waals surface area contributed by atoms with Crippen LogP contribution in [0.4, 0.5) is 0 Å². The van der Waals surface area contributed by atoms with Gasteiger partial charge in [0.25, 0.3) is 0 Å². The third kappa shape index (κ3) is 3.84. The van der Waals surface area contributed by atoms with Crippen molar-refractivity contribution in [2.45, 2.75) is 6.54 Å². The zero-order chi connectivity index (χ0) is 12.7. The molecule has 17 heavy (non-hydrogen) atoms. The van der Waals surface area contributed by atoms with E-state index < -0.39 is 5.69 Å². The summed E-state index contributed by atoms with van der Waals surface area (Å²) < 4.78 is 1.22. The van der Waals surface area contributed by atoms with Gasteiger partial charge in [-0.05, 0) is 6.07 Å². The van der Waals surface area contributed by atoms with Gasteiger partial charge in [0, 0.05) is 25.5 Å². The van der Waals surface area contributed by atoms with E-state index >= 15 is 0 Å². The summed E-state index contributed by atoms with van der Waals surface area (Å²) in [7, 11) is 0. The van der Waals surface area contributed by atoms with Crippen LogP contribution in [0.5, 0.6) is 0 Å². The number of rotatable bonds is 6. The maximum atomic E-state index is 11.8. The predicted octanol–water partition coefficient (Wildman–Crippen LogP) is -0.750. The summed E-state index contributed by atoms with van der Waals surface area (Å²) in [6.45, 7) is 3.89. The Morgan fingerprint density at radius 3 is 3.00 bits per heavy atom. The van der Waals surface area contributed by atoms with Crippen LogP contribution in [0.1, 0.15) is 0 Å². The van der Waals surface area contributed by atoms with Crippen LogP contribution in [0.15, 0.2) is 35.9 Å². The lowest BCUT2D eigenvalue weighted by Gasteiger charge is -2.20. The van der Waals surface area contributed by atoms with E-state index in [9.17, 15) is 9.59 Å². The SMILES string of the molecule is C=CCN(CCO)C(=O)Cn1cccnc1=O. The molecule has 1 heterocycles. The quantitative estimate of drug-likeness (QED) is 0.661. The molecule has 1 aromatic heterocycles. The molecule has 0 fully saturated rings. The Morgan fingerprint density at radius 2 is 2.41 bits per heavy atom. The molecule has 0 aliphatic heterocycles. The van der Waals surface area contributed by atoms with Crippen molar-refractivity contribution in [2.75, 3.05) is 19.7 Å². The molecule has 0 saturated carbocycles. The molecule has 0 spiro atoms. The number of carbonyl (C=O) groups is 1. The maximum absolute atomic E-state index is 11.8. The van der Waals surface area contributed by atoms with Crippen LogP contribution in [-0.4, -0.2) is 45.2 Å². The van der Waals surface area contributed by atoms with Crippen molar-refractivity contribution in [3.63, 3.8) is 0 Å². The number of aliphatic hydroxyl groups is 1. The van der Waals surface area contributed by atoms with E-state index in [4.69, 9.17) is 5.11 Å². The third-order valence-corrected chi connectivity index (χ3v) is 2.16. The standard InChI is InChI=1S/C11H15N3O3/c1-2-5-13(7-8-15)10(16)9-14-6-3-4-12-11(14)17/h2-4,6,15H,1,5,7-9H2. The molecule has 92 valence electrons. The van der Waals surface area contributed by atoms with Gasteiger partial charge < -0.3 is 10.0 Å². The van der Waals surface area contributed by atoms with Gasteiger partial charge in [-0.3, -0.25) is 9.36 Å². The topological polar surface area (TPSA) is 75.4 Å². The lowest BCUT2D eigenvalue weighted by molar-refractivity contribution is -0.131. The lowest BCUT2D eigenvalue weighted by Crippen LogP contribution is -2.38. The molecule has 1 amide bonds. The van der Waals surface area contributed by atoms with Gasteiger partial charge in [0.05, 0.1) is 6.61 Å². The first-order valence-corrected chi connectivity index (χ1v) is 5.20. The highest BCUT2D eigenvalue weighted by Gasteiger charge is 2.12. The molecule has 0 atom stereocenters. The van der Waals surface area contributed by atoms with Crippen molar-refractivity contribution in [1.29, 1.82) is 0 Å². The Morgan fingerprint density at radius 1 is 1.65 bits per heavy atom. The molecule has 0 bridgehead atoms. The summed E-state index contributed by atoms with van der Waals surface area (Å²) >= 11 is 0. The Labute approximate surface area is 98.8 Å². The van der Waals surface area contributed by atoms with Crippen molar-refractivity contribution in [3.05, 3.63) is 41.6 Å². The summed E-state index contributed by atoms with van der Waals surface area (Å²) in [6, 6.07) is 1.58. The minimum Gasteiger partial charge on any atom is -0.395 e. The monoisotopic (exact) mass is 237 g/mol. The Balaban J connectivity index is 2.73. The summed E-state index contributed by atoms with van der Waals surface area (Å²) in [5.41, 5.74) is -0.469. The van der Waals surface area contributed by atoms with Crippen LogP contribution in [0.3, 0.4) is 0 Å². The van der Waals surface area contributed by atoms with Crippen LogP contribution < -0.4 is 5.69 Å². The van der Waals surface area contributed by atoms with Gasteiger partial charge >= 0.3 is 5.69 Å². The van der Waals surface area contributed by atoms with E-state index in [2.05, 4.69) is 11.6 Å². The maximum Gasteiger partial charge on any atom is 0.347 e. The molecule has 1 rings (SSSR count). The molecule has 1 N–H and O–H groups in total. The zero-order valence-electron chi connectivity index (χ0n) is 9.45. The number of amides is 1. The Kier molecular flexibility index (Phi) is 5.09. The zero-order valence-corrected chi connectivity index (χ0v) is 9.45. The molecule has 0 aliphatic carbocycles. The largest absolute Gasteiger partial charge is 0.395 e. The molecule has 0 saturated heterocycles. The van der Waals surface area contributed by atoms with E-state index in [-0.39, 0.29) is 25.6 Å². The highest BCUT2D eigenvalue weighted by Crippen LogP contribution is 1.93. The number of nitrogens with zero attached hydrogens (tertiary/aromatic N) is 3. The fraction of sp³-hybridized carbons (Fsp3) is 0.364. The molecule has 0 radical (unpaired) electrons. The number of hydrogen-bond acceptors (Lipinski definition) is 4. The Bertz CT molecular complexity index is 442. The molecule has 0 aliphatic rings. The van der Waals surface area contributed by atoms with Crippen LogP contribution in [0.2, 0.25) is 0 Å². The summed E-state index contributed by atoms with van der Waals surface area (Å²) in [4.78, 5) is 28.1. The van der Waals surface area contributed by atoms with Gasteiger partial charge in [0.15, 0.2) is 0 Å². The first-order chi connectivity index (χ1) is 8.19. The molecule has 0 unspecified atom stereocenters. The second-order valence-electron chi connectivity index (χ2n) is 3.38.